The van der Waals surface area contributed by atoms with Gasteiger partial charge < -0.3 is 10.1 Å². The van der Waals surface area contributed by atoms with Gasteiger partial charge in [-0.15, -0.1) is 0 Å². The molecule has 0 saturated carbocycles. The van der Waals surface area contributed by atoms with Gasteiger partial charge in [-0.1, -0.05) is 18.2 Å². The number of aromatic nitrogens is 1. The number of ether oxygens (including phenoxy) is 1. The van der Waals surface area contributed by atoms with E-state index < -0.39 is 23.9 Å². The molecule has 1 heterocycles. The first-order chi connectivity index (χ1) is 15.2. The molecule has 166 valence electrons. The zero-order valence-electron chi connectivity index (χ0n) is 17.0. The van der Waals surface area contributed by atoms with Crippen molar-refractivity contribution in [3.05, 3.63) is 70.6 Å². The molecule has 1 aliphatic rings. The maximum atomic E-state index is 12.9. The van der Waals surface area contributed by atoms with Crippen molar-refractivity contribution in [3.8, 4) is 6.07 Å². The zero-order chi connectivity index (χ0) is 23.3. The number of urea groups is 1. The van der Waals surface area contributed by atoms with Gasteiger partial charge in [0.05, 0.1) is 30.4 Å². The molecule has 0 fully saturated rings. The number of nitriles is 1. The topological polar surface area (TPSA) is 104 Å². The average Bonchev–Trinajstić information content (AvgIpc) is 2.77. The molecular weight excluding hydrogens is 425 g/mol. The predicted octanol–water partition coefficient (Wildman–Crippen LogP) is 4.49. The van der Waals surface area contributed by atoms with E-state index in [-0.39, 0.29) is 23.6 Å². The van der Waals surface area contributed by atoms with Gasteiger partial charge in [0.2, 0.25) is 0 Å². The summed E-state index contributed by atoms with van der Waals surface area (Å²) in [6.07, 6.45) is -3.28. The van der Waals surface area contributed by atoms with Gasteiger partial charge in [-0.3, -0.25) is 10.1 Å². The molecule has 32 heavy (non-hydrogen) atoms. The van der Waals surface area contributed by atoms with Crippen LogP contribution in [0.4, 0.5) is 23.8 Å². The molecule has 1 aromatic carbocycles. The Hall–Kier alpha value is -3.87. The number of alkyl halides is 3. The van der Waals surface area contributed by atoms with E-state index in [2.05, 4.69) is 15.6 Å². The molecule has 2 N–H and O–H groups in total. The highest BCUT2D eigenvalue weighted by Crippen LogP contribution is 2.33. The first-order valence-corrected chi connectivity index (χ1v) is 9.65. The molecule has 10 heteroatoms. The van der Waals surface area contributed by atoms with Crippen LogP contribution in [-0.4, -0.2) is 23.9 Å². The van der Waals surface area contributed by atoms with Gasteiger partial charge in [-0.2, -0.15) is 18.4 Å². The summed E-state index contributed by atoms with van der Waals surface area (Å²) in [5, 5.41) is 13.9. The van der Waals surface area contributed by atoms with Crippen molar-refractivity contribution >= 4 is 17.6 Å². The summed E-state index contributed by atoms with van der Waals surface area (Å²) in [5.41, 5.74) is 0.0124. The van der Waals surface area contributed by atoms with Gasteiger partial charge in [-0.05, 0) is 36.2 Å². The Morgan fingerprint density at radius 3 is 2.53 bits per heavy atom. The average molecular weight is 444 g/mol. The van der Waals surface area contributed by atoms with Crippen LogP contribution in [0.1, 0.15) is 42.1 Å². The Labute approximate surface area is 181 Å². The largest absolute Gasteiger partial charge is 0.501 e. The standard InChI is InChI=1S/C22H19F3N4O3/c1-32-16-5-2-4-15(30)19(16)20(14-10-8-13(12-26)9-11-14)29-21(31)28-18-7-3-6-17(27-18)22(23,24)25/h3,6-11,20H,2,4-5H2,1H3,(H2,27,28,29,31). The van der Waals surface area contributed by atoms with E-state index in [1.165, 1.54) is 25.3 Å². The number of pyridine rings is 1. The number of nitrogens with one attached hydrogen (secondary N) is 2. The van der Waals surface area contributed by atoms with E-state index in [4.69, 9.17) is 10.00 Å². The number of carbonyl (C=O) groups excluding carboxylic acids is 2. The van der Waals surface area contributed by atoms with Gasteiger partial charge in [0.1, 0.15) is 17.3 Å². The lowest BCUT2D eigenvalue weighted by Gasteiger charge is -2.27. The van der Waals surface area contributed by atoms with Gasteiger partial charge in [-0.25, -0.2) is 9.78 Å². The van der Waals surface area contributed by atoms with Crippen LogP contribution in [0.15, 0.2) is 53.8 Å². The number of allylic oxidation sites excluding steroid dienone is 1. The molecule has 7 nitrogen and oxygen atoms in total. The quantitative estimate of drug-likeness (QED) is 0.707. The molecule has 3 rings (SSSR count). The van der Waals surface area contributed by atoms with Crippen LogP contribution in [0, 0.1) is 11.3 Å². The number of rotatable bonds is 5. The smallest absolute Gasteiger partial charge is 0.433 e. The number of amides is 2. The first kappa shape index (κ1) is 22.8. The third-order valence-electron chi connectivity index (χ3n) is 4.87. The summed E-state index contributed by atoms with van der Waals surface area (Å²) >= 11 is 0. The first-order valence-electron chi connectivity index (χ1n) is 9.65. The number of Topliss-reactive ketones (excluding diaryl/α,β-unsaturated/α-hetero) is 1. The molecule has 0 bridgehead atoms. The lowest BCUT2D eigenvalue weighted by atomic mass is 9.87. The van der Waals surface area contributed by atoms with E-state index in [1.54, 1.807) is 12.1 Å². The fourth-order valence-corrected chi connectivity index (χ4v) is 3.39. The fourth-order valence-electron chi connectivity index (χ4n) is 3.39. The monoisotopic (exact) mass is 444 g/mol. The number of methoxy groups -OCH3 is 1. The zero-order valence-corrected chi connectivity index (χ0v) is 17.0. The van der Waals surface area contributed by atoms with Gasteiger partial charge >= 0.3 is 12.2 Å². The molecular formula is C22H19F3N4O3. The fraction of sp³-hybridized carbons (Fsp3) is 0.273. The summed E-state index contributed by atoms with van der Waals surface area (Å²) in [6.45, 7) is 0. The van der Waals surface area contributed by atoms with Crippen LogP contribution in [0.2, 0.25) is 0 Å². The second-order valence-electron chi connectivity index (χ2n) is 6.99. The van der Waals surface area contributed by atoms with Crippen LogP contribution in [-0.2, 0) is 15.7 Å². The number of hydrogen-bond acceptors (Lipinski definition) is 5. The Morgan fingerprint density at radius 1 is 1.19 bits per heavy atom. The second-order valence-corrected chi connectivity index (χ2v) is 6.99. The highest BCUT2D eigenvalue weighted by Gasteiger charge is 2.33. The number of halogens is 3. The SMILES string of the molecule is COC1=C(C(NC(=O)Nc2cccc(C(F)(F)F)n2)c2ccc(C#N)cc2)C(=O)CCC1. The van der Waals surface area contributed by atoms with Crippen molar-refractivity contribution in [2.45, 2.75) is 31.5 Å². The lowest BCUT2D eigenvalue weighted by molar-refractivity contribution is -0.141. The number of nitrogens with zero attached hydrogens (tertiary/aromatic N) is 2. The Kier molecular flexibility index (Phi) is 6.78. The van der Waals surface area contributed by atoms with Crippen molar-refractivity contribution in [2.75, 3.05) is 12.4 Å². The summed E-state index contributed by atoms with van der Waals surface area (Å²) in [4.78, 5) is 28.8. The molecule has 1 aliphatic carbocycles. The molecule has 1 aromatic heterocycles. The van der Waals surface area contributed by atoms with Crippen LogP contribution in [0.3, 0.4) is 0 Å². The van der Waals surface area contributed by atoms with Gasteiger partial charge in [0.15, 0.2) is 5.78 Å². The summed E-state index contributed by atoms with van der Waals surface area (Å²) in [6, 6.07) is 9.59. The molecule has 1 unspecified atom stereocenters. The van der Waals surface area contributed by atoms with E-state index in [0.29, 0.717) is 29.7 Å². The molecule has 0 radical (unpaired) electrons. The Balaban J connectivity index is 1.92. The number of benzene rings is 1. The van der Waals surface area contributed by atoms with E-state index >= 15 is 0 Å². The summed E-state index contributed by atoms with van der Waals surface area (Å²) in [7, 11) is 1.43. The normalized spacial score (nSPS) is 15.0. The molecule has 0 aliphatic heterocycles. The molecule has 2 aromatic rings. The minimum Gasteiger partial charge on any atom is -0.501 e. The van der Waals surface area contributed by atoms with Crippen LogP contribution in [0.25, 0.3) is 0 Å². The number of carbonyl (C=O) groups is 2. The van der Waals surface area contributed by atoms with Gasteiger partial charge in [0.25, 0.3) is 0 Å². The highest BCUT2D eigenvalue weighted by atomic mass is 19.4. The van der Waals surface area contributed by atoms with Crippen LogP contribution >= 0.6 is 0 Å². The predicted molar refractivity (Wildman–Crippen MR) is 108 cm³/mol. The molecule has 0 spiro atoms. The van der Waals surface area contributed by atoms with Crippen molar-refractivity contribution in [2.24, 2.45) is 0 Å². The number of hydrogen-bond donors (Lipinski definition) is 2. The highest BCUT2D eigenvalue weighted by molar-refractivity contribution is 5.99. The van der Waals surface area contributed by atoms with Crippen molar-refractivity contribution in [1.29, 1.82) is 5.26 Å². The number of anilines is 1. The minimum absolute atomic E-state index is 0.208. The van der Waals surface area contributed by atoms with E-state index in [0.717, 1.165) is 12.1 Å². The molecule has 1 atom stereocenters. The molecule has 2 amide bonds. The van der Waals surface area contributed by atoms with Crippen LogP contribution in [0.5, 0.6) is 0 Å². The maximum Gasteiger partial charge on any atom is 0.433 e. The Bertz CT molecular complexity index is 1090. The second kappa shape index (κ2) is 9.51. The third-order valence-corrected chi connectivity index (χ3v) is 4.87. The molecule has 0 saturated heterocycles. The van der Waals surface area contributed by atoms with Crippen molar-refractivity contribution in [3.63, 3.8) is 0 Å². The van der Waals surface area contributed by atoms with Crippen LogP contribution < -0.4 is 10.6 Å². The maximum absolute atomic E-state index is 12.9. The van der Waals surface area contributed by atoms with Gasteiger partial charge in [0, 0.05) is 12.8 Å². The Morgan fingerprint density at radius 2 is 1.91 bits per heavy atom. The van der Waals surface area contributed by atoms with Crippen molar-refractivity contribution in [1.82, 2.24) is 10.3 Å². The third kappa shape index (κ3) is 5.24. The minimum atomic E-state index is -4.66. The summed E-state index contributed by atoms with van der Waals surface area (Å²) < 4.78 is 44.1. The lowest BCUT2D eigenvalue weighted by Crippen LogP contribution is -2.37. The van der Waals surface area contributed by atoms with Crippen molar-refractivity contribution < 1.29 is 27.5 Å². The number of ketones is 1. The summed E-state index contributed by atoms with van der Waals surface area (Å²) in [5.74, 6) is -0.0834. The van der Waals surface area contributed by atoms with E-state index in [9.17, 15) is 22.8 Å². The van der Waals surface area contributed by atoms with E-state index in [1.807, 2.05) is 6.07 Å².